The molecule has 2 aromatic carbocycles. The van der Waals surface area contributed by atoms with Crippen LogP contribution in [-0.2, 0) is 16.3 Å². The lowest BCUT2D eigenvalue weighted by Crippen LogP contribution is -2.13. The number of nitrogens with zero attached hydrogens (tertiary/aromatic N) is 2. The molecule has 0 atom stereocenters. The third-order valence-corrected chi connectivity index (χ3v) is 5.89. The molecule has 3 aromatic rings. The number of thioether (sulfide) groups is 1. The Morgan fingerprint density at radius 1 is 1.17 bits per heavy atom. The van der Waals surface area contributed by atoms with Crippen molar-refractivity contribution < 1.29 is 14.3 Å². The van der Waals surface area contributed by atoms with E-state index in [2.05, 4.69) is 10.4 Å². The number of hydrogen-bond acceptors (Lipinski definition) is 5. The average molecular weight is 442 g/mol. The molecule has 0 radical (unpaired) electrons. The Labute approximate surface area is 183 Å². The van der Waals surface area contributed by atoms with Gasteiger partial charge in [-0.05, 0) is 42.0 Å². The van der Waals surface area contributed by atoms with Crippen LogP contribution in [0.4, 0.5) is 5.82 Å². The molecular formula is C22H20ClN3O3S. The van der Waals surface area contributed by atoms with Crippen LogP contribution in [0.1, 0.15) is 16.8 Å². The highest BCUT2D eigenvalue weighted by molar-refractivity contribution is 7.98. The van der Waals surface area contributed by atoms with Gasteiger partial charge in [-0.3, -0.25) is 4.79 Å². The molecule has 0 saturated heterocycles. The Bertz CT molecular complexity index is 1130. The molecule has 6 nitrogen and oxygen atoms in total. The van der Waals surface area contributed by atoms with Crippen LogP contribution in [0.25, 0.3) is 11.8 Å². The molecule has 154 valence electrons. The average Bonchev–Trinajstić information content (AvgIpc) is 3.34. The number of benzene rings is 2. The third kappa shape index (κ3) is 4.17. The second-order valence-electron chi connectivity index (χ2n) is 6.60. The summed E-state index contributed by atoms with van der Waals surface area (Å²) in [5.74, 6) is 3.32. The molecule has 2 heterocycles. The van der Waals surface area contributed by atoms with Gasteiger partial charge in [0.2, 0.25) is 5.91 Å². The first-order valence-corrected chi connectivity index (χ1v) is 10.8. The first-order valence-electron chi connectivity index (χ1n) is 9.24. The van der Waals surface area contributed by atoms with Gasteiger partial charge in [0, 0.05) is 28.2 Å². The molecule has 0 unspecified atom stereocenters. The van der Waals surface area contributed by atoms with Gasteiger partial charge < -0.3 is 14.8 Å². The largest absolute Gasteiger partial charge is 0.493 e. The molecule has 1 N–H and O–H groups in total. The molecule has 0 bridgehead atoms. The summed E-state index contributed by atoms with van der Waals surface area (Å²) in [5.41, 5.74) is 3.67. The number of rotatable bonds is 6. The van der Waals surface area contributed by atoms with Crippen molar-refractivity contribution >= 4 is 41.2 Å². The summed E-state index contributed by atoms with van der Waals surface area (Å²) in [6.07, 6.45) is 3.22. The van der Waals surface area contributed by atoms with Crippen LogP contribution in [0.2, 0.25) is 5.02 Å². The van der Waals surface area contributed by atoms with Gasteiger partial charge >= 0.3 is 0 Å². The number of hydrogen-bond donors (Lipinski definition) is 1. The van der Waals surface area contributed by atoms with E-state index in [9.17, 15) is 4.79 Å². The van der Waals surface area contributed by atoms with Crippen molar-refractivity contribution in [3.05, 3.63) is 70.4 Å². The van der Waals surface area contributed by atoms with Gasteiger partial charge in [-0.2, -0.15) is 16.9 Å². The SMILES string of the molecule is COc1ccc(/C=C\C(=O)Nc2c3c(nn2-c2cccc(Cl)c2)CSC3)cc1OC. The van der Waals surface area contributed by atoms with E-state index in [1.165, 1.54) is 6.08 Å². The van der Waals surface area contributed by atoms with Gasteiger partial charge in [-0.25, -0.2) is 4.68 Å². The second-order valence-corrected chi connectivity index (χ2v) is 8.02. The molecule has 0 aliphatic carbocycles. The van der Waals surface area contributed by atoms with Crippen molar-refractivity contribution in [1.82, 2.24) is 9.78 Å². The zero-order valence-electron chi connectivity index (χ0n) is 16.5. The van der Waals surface area contributed by atoms with Gasteiger partial charge in [0.15, 0.2) is 11.5 Å². The minimum Gasteiger partial charge on any atom is -0.493 e. The highest BCUT2D eigenvalue weighted by atomic mass is 35.5. The minimum absolute atomic E-state index is 0.243. The van der Waals surface area contributed by atoms with Gasteiger partial charge in [-0.15, -0.1) is 0 Å². The van der Waals surface area contributed by atoms with Crippen molar-refractivity contribution in [1.29, 1.82) is 0 Å². The first kappa shape index (κ1) is 20.4. The molecule has 1 aliphatic heterocycles. The van der Waals surface area contributed by atoms with E-state index < -0.39 is 0 Å². The predicted molar refractivity (Wildman–Crippen MR) is 121 cm³/mol. The summed E-state index contributed by atoms with van der Waals surface area (Å²) in [6, 6.07) is 12.9. The van der Waals surface area contributed by atoms with Crippen LogP contribution >= 0.6 is 23.4 Å². The summed E-state index contributed by atoms with van der Waals surface area (Å²) in [7, 11) is 3.16. The summed E-state index contributed by atoms with van der Waals surface area (Å²) in [4.78, 5) is 12.7. The number of carbonyl (C=O) groups excluding carboxylic acids is 1. The smallest absolute Gasteiger partial charge is 0.249 e. The number of carbonyl (C=O) groups is 1. The van der Waals surface area contributed by atoms with Gasteiger partial charge in [0.1, 0.15) is 5.82 Å². The number of amides is 1. The lowest BCUT2D eigenvalue weighted by atomic mass is 10.2. The van der Waals surface area contributed by atoms with E-state index in [0.717, 1.165) is 34.0 Å². The fourth-order valence-electron chi connectivity index (χ4n) is 3.22. The maximum atomic E-state index is 12.7. The molecule has 0 saturated carbocycles. The predicted octanol–water partition coefficient (Wildman–Crippen LogP) is 4.94. The Morgan fingerprint density at radius 2 is 2.00 bits per heavy atom. The molecule has 0 fully saturated rings. The summed E-state index contributed by atoms with van der Waals surface area (Å²) < 4.78 is 12.3. The Kier molecular flexibility index (Phi) is 6.01. The summed E-state index contributed by atoms with van der Waals surface area (Å²) >= 11 is 7.93. The number of halogens is 1. The van der Waals surface area contributed by atoms with Crippen LogP contribution < -0.4 is 14.8 Å². The summed E-state index contributed by atoms with van der Waals surface area (Å²) in [5, 5.41) is 8.29. The number of nitrogens with one attached hydrogen (secondary N) is 1. The Balaban J connectivity index is 1.59. The van der Waals surface area contributed by atoms with Crippen LogP contribution in [0.3, 0.4) is 0 Å². The van der Waals surface area contributed by atoms with E-state index in [1.54, 1.807) is 42.8 Å². The van der Waals surface area contributed by atoms with Crippen molar-refractivity contribution in [2.45, 2.75) is 11.5 Å². The Morgan fingerprint density at radius 3 is 2.77 bits per heavy atom. The first-order chi connectivity index (χ1) is 14.6. The molecular weight excluding hydrogens is 422 g/mol. The number of ether oxygens (including phenoxy) is 2. The monoisotopic (exact) mass is 441 g/mol. The molecule has 4 rings (SSSR count). The highest BCUT2D eigenvalue weighted by Crippen LogP contribution is 2.36. The lowest BCUT2D eigenvalue weighted by Gasteiger charge is -2.10. The van der Waals surface area contributed by atoms with E-state index in [1.807, 2.05) is 36.4 Å². The highest BCUT2D eigenvalue weighted by Gasteiger charge is 2.24. The van der Waals surface area contributed by atoms with E-state index in [0.29, 0.717) is 22.3 Å². The standard InChI is InChI=1S/C22H20ClN3O3S/c1-28-19-8-6-14(10-20(19)29-2)7-9-21(27)24-22-17-12-30-13-18(17)25-26(22)16-5-3-4-15(23)11-16/h3-11H,12-13H2,1-2H3,(H,24,27)/b9-7-. The molecule has 30 heavy (non-hydrogen) atoms. The van der Waals surface area contributed by atoms with E-state index >= 15 is 0 Å². The molecule has 0 spiro atoms. The molecule has 1 aliphatic rings. The van der Waals surface area contributed by atoms with Crippen molar-refractivity contribution in [2.24, 2.45) is 0 Å². The maximum absolute atomic E-state index is 12.7. The number of fused-ring (bicyclic) bond motifs is 1. The number of anilines is 1. The van der Waals surface area contributed by atoms with Crippen molar-refractivity contribution in [3.8, 4) is 17.2 Å². The van der Waals surface area contributed by atoms with Crippen molar-refractivity contribution in [3.63, 3.8) is 0 Å². The molecule has 1 amide bonds. The maximum Gasteiger partial charge on any atom is 0.249 e. The van der Waals surface area contributed by atoms with Crippen LogP contribution in [-0.4, -0.2) is 29.9 Å². The fraction of sp³-hybridized carbons (Fsp3) is 0.182. The lowest BCUT2D eigenvalue weighted by molar-refractivity contribution is -0.111. The van der Waals surface area contributed by atoms with E-state index in [-0.39, 0.29) is 5.91 Å². The second kappa shape index (κ2) is 8.85. The van der Waals surface area contributed by atoms with E-state index in [4.69, 9.17) is 21.1 Å². The van der Waals surface area contributed by atoms with Crippen molar-refractivity contribution in [2.75, 3.05) is 19.5 Å². The number of methoxy groups -OCH3 is 2. The minimum atomic E-state index is -0.243. The Hall–Kier alpha value is -2.90. The summed E-state index contributed by atoms with van der Waals surface area (Å²) in [6.45, 7) is 0. The van der Waals surface area contributed by atoms with Gasteiger partial charge in [0.05, 0.1) is 25.6 Å². The van der Waals surface area contributed by atoms with Gasteiger partial charge in [-0.1, -0.05) is 23.7 Å². The fourth-order valence-corrected chi connectivity index (χ4v) is 4.44. The topological polar surface area (TPSA) is 65.4 Å². The zero-order chi connectivity index (χ0) is 21.1. The zero-order valence-corrected chi connectivity index (χ0v) is 18.1. The molecule has 1 aromatic heterocycles. The normalized spacial score (nSPS) is 12.8. The van der Waals surface area contributed by atoms with Gasteiger partial charge in [0.25, 0.3) is 0 Å². The van der Waals surface area contributed by atoms with Crippen LogP contribution in [0.5, 0.6) is 11.5 Å². The van der Waals surface area contributed by atoms with Crippen LogP contribution in [0, 0.1) is 0 Å². The molecule has 8 heteroatoms. The third-order valence-electron chi connectivity index (χ3n) is 4.68. The number of aromatic nitrogens is 2. The quantitative estimate of drug-likeness (QED) is 0.549. The van der Waals surface area contributed by atoms with Crippen LogP contribution in [0.15, 0.2) is 48.5 Å².